The number of ether oxygens (including phenoxy) is 1. The molecule has 3 amide bonds. The minimum atomic E-state index is -4.40. The van der Waals surface area contributed by atoms with Gasteiger partial charge in [0.1, 0.15) is 12.4 Å². The minimum Gasteiger partial charge on any atom is -0.492 e. The van der Waals surface area contributed by atoms with Gasteiger partial charge >= 0.3 is 12.2 Å². The Hall–Kier alpha value is -3.23. The molecule has 0 aliphatic heterocycles. The highest BCUT2D eigenvalue weighted by Gasteiger charge is 2.29. The molecule has 0 saturated carbocycles. The van der Waals surface area contributed by atoms with Gasteiger partial charge in [-0.2, -0.15) is 13.2 Å². The molecule has 0 atom stereocenters. The number of carbonyl (C=O) groups excluding carboxylic acids is 2. The summed E-state index contributed by atoms with van der Waals surface area (Å²) in [5.74, 6) is -0.159. The Labute approximate surface area is 160 Å². The van der Waals surface area contributed by atoms with Crippen LogP contribution in [-0.2, 0) is 11.0 Å². The number of rotatable bonds is 7. The van der Waals surface area contributed by atoms with Gasteiger partial charge in [0.25, 0.3) is 0 Å². The maximum absolute atomic E-state index is 12.5. The Morgan fingerprint density at radius 3 is 2.39 bits per heavy atom. The van der Waals surface area contributed by atoms with Gasteiger partial charge < -0.3 is 20.7 Å². The standard InChI is InChI=1S/C19H20F3N3O3/c1-13-3-2-4-15(11-13)25-18(27)24-12-17(26)23-9-10-28-16-7-5-14(6-8-16)19(20,21)22/h2-8,11H,9-10,12H2,1H3,(H,23,26)(H2,24,25,27). The lowest BCUT2D eigenvalue weighted by molar-refractivity contribution is -0.137. The second kappa shape index (κ2) is 9.63. The predicted octanol–water partition coefficient (Wildman–Crippen LogP) is 3.33. The van der Waals surface area contributed by atoms with Crippen molar-refractivity contribution in [1.29, 1.82) is 0 Å². The average molecular weight is 395 g/mol. The van der Waals surface area contributed by atoms with Crippen LogP contribution in [0.5, 0.6) is 5.75 Å². The topological polar surface area (TPSA) is 79.5 Å². The summed E-state index contributed by atoms with van der Waals surface area (Å²) in [4.78, 5) is 23.4. The molecule has 150 valence electrons. The Bertz CT molecular complexity index is 808. The van der Waals surface area contributed by atoms with E-state index in [0.717, 1.165) is 17.7 Å². The zero-order valence-corrected chi connectivity index (χ0v) is 15.1. The lowest BCUT2D eigenvalue weighted by Gasteiger charge is -2.10. The second-order valence-corrected chi connectivity index (χ2v) is 5.90. The van der Waals surface area contributed by atoms with Crippen molar-refractivity contribution in [3.8, 4) is 5.75 Å². The fraction of sp³-hybridized carbons (Fsp3) is 0.263. The van der Waals surface area contributed by atoms with Crippen molar-refractivity contribution in [2.24, 2.45) is 0 Å². The molecule has 0 unspecified atom stereocenters. The van der Waals surface area contributed by atoms with E-state index >= 15 is 0 Å². The van der Waals surface area contributed by atoms with Crippen LogP contribution in [0.3, 0.4) is 0 Å². The fourth-order valence-corrected chi connectivity index (χ4v) is 2.22. The van der Waals surface area contributed by atoms with Crippen LogP contribution < -0.4 is 20.7 Å². The van der Waals surface area contributed by atoms with Crippen molar-refractivity contribution in [2.45, 2.75) is 13.1 Å². The first-order chi connectivity index (χ1) is 13.2. The molecule has 0 aliphatic rings. The zero-order valence-electron chi connectivity index (χ0n) is 15.1. The molecule has 9 heteroatoms. The van der Waals surface area contributed by atoms with E-state index < -0.39 is 23.7 Å². The van der Waals surface area contributed by atoms with E-state index in [4.69, 9.17) is 4.74 Å². The first-order valence-corrected chi connectivity index (χ1v) is 8.42. The van der Waals surface area contributed by atoms with E-state index in [9.17, 15) is 22.8 Å². The van der Waals surface area contributed by atoms with Crippen molar-refractivity contribution in [3.63, 3.8) is 0 Å². The predicted molar refractivity (Wildman–Crippen MR) is 98.1 cm³/mol. The number of benzene rings is 2. The van der Waals surface area contributed by atoms with Crippen molar-refractivity contribution < 1.29 is 27.5 Å². The highest BCUT2D eigenvalue weighted by atomic mass is 19.4. The van der Waals surface area contributed by atoms with Gasteiger partial charge in [-0.05, 0) is 48.9 Å². The van der Waals surface area contributed by atoms with Gasteiger partial charge in [-0.1, -0.05) is 12.1 Å². The second-order valence-electron chi connectivity index (χ2n) is 5.90. The van der Waals surface area contributed by atoms with Crippen molar-refractivity contribution in [1.82, 2.24) is 10.6 Å². The smallest absolute Gasteiger partial charge is 0.416 e. The largest absolute Gasteiger partial charge is 0.492 e. The first-order valence-electron chi connectivity index (χ1n) is 8.42. The minimum absolute atomic E-state index is 0.0760. The van der Waals surface area contributed by atoms with E-state index in [-0.39, 0.29) is 25.4 Å². The van der Waals surface area contributed by atoms with Gasteiger partial charge in [0.05, 0.1) is 18.7 Å². The maximum Gasteiger partial charge on any atom is 0.416 e. The summed E-state index contributed by atoms with van der Waals surface area (Å²) in [5, 5.41) is 7.56. The van der Waals surface area contributed by atoms with E-state index in [1.54, 1.807) is 18.2 Å². The molecule has 28 heavy (non-hydrogen) atoms. The molecule has 0 saturated heterocycles. The van der Waals surface area contributed by atoms with E-state index in [1.165, 1.54) is 12.1 Å². The molecule has 0 aliphatic carbocycles. The first kappa shape index (κ1) is 21.1. The van der Waals surface area contributed by atoms with Gasteiger partial charge in [-0.15, -0.1) is 0 Å². The normalized spacial score (nSPS) is 10.9. The molecule has 6 nitrogen and oxygen atoms in total. The van der Waals surface area contributed by atoms with Crippen molar-refractivity contribution in [3.05, 3.63) is 59.7 Å². The Morgan fingerprint density at radius 2 is 1.75 bits per heavy atom. The van der Waals surface area contributed by atoms with Crippen LogP contribution in [-0.4, -0.2) is 31.6 Å². The highest BCUT2D eigenvalue weighted by Crippen LogP contribution is 2.30. The molecule has 2 aromatic rings. The van der Waals surface area contributed by atoms with Crippen LogP contribution in [0.25, 0.3) is 0 Å². The number of carbonyl (C=O) groups is 2. The summed E-state index contributed by atoms with van der Waals surface area (Å²) >= 11 is 0. The number of anilines is 1. The van der Waals surface area contributed by atoms with Crippen LogP contribution in [0.2, 0.25) is 0 Å². The molecule has 0 bridgehead atoms. The molecular weight excluding hydrogens is 375 g/mol. The summed E-state index contributed by atoms with van der Waals surface area (Å²) in [6.07, 6.45) is -4.40. The number of nitrogens with one attached hydrogen (secondary N) is 3. The zero-order chi connectivity index (χ0) is 20.6. The van der Waals surface area contributed by atoms with E-state index in [0.29, 0.717) is 5.69 Å². The number of alkyl halides is 3. The van der Waals surface area contributed by atoms with Crippen LogP contribution in [0.4, 0.5) is 23.7 Å². The van der Waals surface area contributed by atoms with Gasteiger partial charge in [0, 0.05) is 5.69 Å². The van der Waals surface area contributed by atoms with Gasteiger partial charge in [0.2, 0.25) is 5.91 Å². The van der Waals surface area contributed by atoms with Crippen molar-refractivity contribution >= 4 is 17.6 Å². The van der Waals surface area contributed by atoms with Crippen LogP contribution in [0.15, 0.2) is 48.5 Å². The van der Waals surface area contributed by atoms with E-state index in [2.05, 4.69) is 16.0 Å². The third-order valence-electron chi connectivity index (χ3n) is 3.56. The molecule has 0 spiro atoms. The molecule has 0 radical (unpaired) electrons. The molecular formula is C19H20F3N3O3. The molecule has 0 aromatic heterocycles. The van der Waals surface area contributed by atoms with Crippen molar-refractivity contribution in [2.75, 3.05) is 25.0 Å². The Morgan fingerprint density at radius 1 is 1.04 bits per heavy atom. The molecule has 0 fully saturated rings. The summed E-state index contributed by atoms with van der Waals surface area (Å²) in [6, 6.07) is 11.0. The highest BCUT2D eigenvalue weighted by molar-refractivity contribution is 5.92. The quantitative estimate of drug-likeness (QED) is 0.629. The van der Waals surface area contributed by atoms with Crippen LogP contribution in [0, 0.1) is 6.92 Å². The number of amides is 3. The monoisotopic (exact) mass is 395 g/mol. The summed E-state index contributed by atoms with van der Waals surface area (Å²) in [5.41, 5.74) is 0.842. The number of aryl methyl sites for hydroxylation is 1. The number of hydrogen-bond acceptors (Lipinski definition) is 3. The third-order valence-corrected chi connectivity index (χ3v) is 3.56. The summed E-state index contributed by atoms with van der Waals surface area (Å²) < 4.78 is 42.6. The number of halogens is 3. The molecule has 3 N–H and O–H groups in total. The van der Waals surface area contributed by atoms with Gasteiger partial charge in [-0.3, -0.25) is 4.79 Å². The fourth-order valence-electron chi connectivity index (χ4n) is 2.22. The molecule has 2 aromatic carbocycles. The van der Waals surface area contributed by atoms with Crippen LogP contribution in [0.1, 0.15) is 11.1 Å². The van der Waals surface area contributed by atoms with E-state index in [1.807, 2.05) is 13.0 Å². The summed E-state index contributed by atoms with van der Waals surface area (Å²) in [6.45, 7) is 1.88. The lowest BCUT2D eigenvalue weighted by Crippen LogP contribution is -2.40. The SMILES string of the molecule is Cc1cccc(NC(=O)NCC(=O)NCCOc2ccc(C(F)(F)F)cc2)c1. The summed E-state index contributed by atoms with van der Waals surface area (Å²) in [7, 11) is 0. The average Bonchev–Trinajstić information content (AvgIpc) is 2.63. The van der Waals surface area contributed by atoms with Crippen LogP contribution >= 0.6 is 0 Å². The Kier molecular flexibility index (Phi) is 7.25. The van der Waals surface area contributed by atoms with Gasteiger partial charge in [-0.25, -0.2) is 4.79 Å². The number of urea groups is 1. The third kappa shape index (κ3) is 7.18. The number of hydrogen-bond donors (Lipinski definition) is 3. The van der Waals surface area contributed by atoms with Gasteiger partial charge in [0.15, 0.2) is 0 Å². The molecule has 0 heterocycles. The maximum atomic E-state index is 12.5. The lowest BCUT2D eigenvalue weighted by atomic mass is 10.2. The molecule has 2 rings (SSSR count). The Balaban J connectivity index is 1.62.